The minimum atomic E-state index is -0.584. The van der Waals surface area contributed by atoms with Gasteiger partial charge in [-0.05, 0) is 38.0 Å². The number of aliphatic carboxylic acids is 1. The van der Waals surface area contributed by atoms with Gasteiger partial charge in [0.1, 0.15) is 0 Å². The molecule has 0 aromatic carbocycles. The standard InChI is InChI=1S/C10H16O3/c11-9(12)10(3-4-10)7-8-1-5-13-6-2-8/h8H,1-7H2,(H,11,12). The van der Waals surface area contributed by atoms with Crippen LogP contribution in [-0.2, 0) is 9.53 Å². The van der Waals surface area contributed by atoms with Crippen molar-refractivity contribution in [3.8, 4) is 0 Å². The average molecular weight is 184 g/mol. The maximum atomic E-state index is 10.9. The first-order valence-corrected chi connectivity index (χ1v) is 5.04. The van der Waals surface area contributed by atoms with E-state index in [0.717, 1.165) is 45.3 Å². The first kappa shape index (κ1) is 9.00. The van der Waals surface area contributed by atoms with E-state index in [1.54, 1.807) is 0 Å². The van der Waals surface area contributed by atoms with E-state index in [4.69, 9.17) is 9.84 Å². The molecular weight excluding hydrogens is 168 g/mol. The smallest absolute Gasteiger partial charge is 0.309 e. The van der Waals surface area contributed by atoms with E-state index in [9.17, 15) is 4.79 Å². The van der Waals surface area contributed by atoms with Gasteiger partial charge in [-0.2, -0.15) is 0 Å². The Balaban J connectivity index is 1.86. The van der Waals surface area contributed by atoms with Crippen LogP contribution in [0.2, 0.25) is 0 Å². The lowest BCUT2D eigenvalue weighted by Gasteiger charge is -2.24. The van der Waals surface area contributed by atoms with Gasteiger partial charge in [-0.15, -0.1) is 0 Å². The molecule has 0 aromatic heterocycles. The molecule has 2 aliphatic rings. The molecule has 0 spiro atoms. The summed E-state index contributed by atoms with van der Waals surface area (Å²) in [5.74, 6) is 0.00587. The van der Waals surface area contributed by atoms with E-state index in [1.807, 2.05) is 0 Å². The van der Waals surface area contributed by atoms with Crippen molar-refractivity contribution in [2.24, 2.45) is 11.3 Å². The zero-order valence-corrected chi connectivity index (χ0v) is 7.79. The van der Waals surface area contributed by atoms with Crippen LogP contribution >= 0.6 is 0 Å². The number of hydrogen-bond donors (Lipinski definition) is 1. The van der Waals surface area contributed by atoms with Crippen molar-refractivity contribution in [3.05, 3.63) is 0 Å². The predicted molar refractivity (Wildman–Crippen MR) is 47.5 cm³/mol. The Hall–Kier alpha value is -0.570. The van der Waals surface area contributed by atoms with Gasteiger partial charge in [0.2, 0.25) is 0 Å². The highest BCUT2D eigenvalue weighted by Gasteiger charge is 2.51. The number of carboxylic acids is 1. The summed E-state index contributed by atoms with van der Waals surface area (Å²) >= 11 is 0. The molecule has 1 saturated carbocycles. The molecule has 0 radical (unpaired) electrons. The molecule has 3 nitrogen and oxygen atoms in total. The summed E-state index contributed by atoms with van der Waals surface area (Å²) in [5.41, 5.74) is -0.331. The number of rotatable bonds is 3. The summed E-state index contributed by atoms with van der Waals surface area (Å²) in [6, 6.07) is 0. The fourth-order valence-corrected chi connectivity index (χ4v) is 2.16. The van der Waals surface area contributed by atoms with Gasteiger partial charge in [0.05, 0.1) is 5.41 Å². The molecule has 0 unspecified atom stereocenters. The molecular formula is C10H16O3. The largest absolute Gasteiger partial charge is 0.481 e. The molecule has 2 fully saturated rings. The van der Waals surface area contributed by atoms with Crippen LogP contribution in [0.15, 0.2) is 0 Å². The van der Waals surface area contributed by atoms with Crippen LogP contribution in [0.5, 0.6) is 0 Å². The number of hydrogen-bond acceptors (Lipinski definition) is 2. The Kier molecular flexibility index (Phi) is 2.28. The zero-order chi connectivity index (χ0) is 9.31. The molecule has 74 valence electrons. The topological polar surface area (TPSA) is 46.5 Å². The third-order valence-electron chi connectivity index (χ3n) is 3.33. The normalized spacial score (nSPS) is 27.1. The quantitative estimate of drug-likeness (QED) is 0.725. The second-order valence-corrected chi connectivity index (χ2v) is 4.35. The fraction of sp³-hybridized carbons (Fsp3) is 0.900. The van der Waals surface area contributed by atoms with Crippen LogP contribution in [0, 0.1) is 11.3 Å². The van der Waals surface area contributed by atoms with Gasteiger partial charge >= 0.3 is 5.97 Å². The van der Waals surface area contributed by atoms with Crippen LogP contribution in [0.3, 0.4) is 0 Å². The zero-order valence-electron chi connectivity index (χ0n) is 7.79. The molecule has 13 heavy (non-hydrogen) atoms. The van der Waals surface area contributed by atoms with Gasteiger partial charge in [-0.25, -0.2) is 0 Å². The first-order valence-electron chi connectivity index (χ1n) is 5.04. The van der Waals surface area contributed by atoms with Crippen LogP contribution < -0.4 is 0 Å². The number of ether oxygens (including phenoxy) is 1. The molecule has 1 aliphatic carbocycles. The lowest BCUT2D eigenvalue weighted by atomic mass is 9.87. The van der Waals surface area contributed by atoms with E-state index in [-0.39, 0.29) is 5.41 Å². The van der Waals surface area contributed by atoms with Crippen molar-refractivity contribution < 1.29 is 14.6 Å². The second-order valence-electron chi connectivity index (χ2n) is 4.35. The van der Waals surface area contributed by atoms with Gasteiger partial charge in [0, 0.05) is 13.2 Å². The van der Waals surface area contributed by atoms with Gasteiger partial charge in [0.15, 0.2) is 0 Å². The predicted octanol–water partition coefficient (Wildman–Crippen LogP) is 1.67. The molecule has 1 N–H and O–H groups in total. The number of carboxylic acid groups (broad SMARTS) is 1. The molecule has 1 heterocycles. The van der Waals surface area contributed by atoms with Crippen molar-refractivity contribution in [2.75, 3.05) is 13.2 Å². The van der Waals surface area contributed by atoms with Crippen LogP contribution in [0.1, 0.15) is 32.1 Å². The van der Waals surface area contributed by atoms with E-state index in [2.05, 4.69) is 0 Å². The van der Waals surface area contributed by atoms with Gasteiger partial charge in [-0.1, -0.05) is 0 Å². The minimum Gasteiger partial charge on any atom is -0.481 e. The van der Waals surface area contributed by atoms with Crippen LogP contribution in [-0.4, -0.2) is 24.3 Å². The Morgan fingerprint density at radius 2 is 2.00 bits per heavy atom. The molecule has 2 rings (SSSR count). The second kappa shape index (κ2) is 3.29. The third kappa shape index (κ3) is 1.85. The maximum absolute atomic E-state index is 10.9. The highest BCUT2D eigenvalue weighted by Crippen LogP contribution is 2.51. The lowest BCUT2D eigenvalue weighted by Crippen LogP contribution is -2.23. The van der Waals surface area contributed by atoms with Crippen molar-refractivity contribution >= 4 is 5.97 Å². The highest BCUT2D eigenvalue weighted by molar-refractivity contribution is 5.77. The molecule has 0 aromatic rings. The average Bonchev–Trinajstić information content (AvgIpc) is 2.87. The summed E-state index contributed by atoms with van der Waals surface area (Å²) in [4.78, 5) is 10.9. The SMILES string of the molecule is O=C(O)C1(CC2CCOCC2)CC1. The van der Waals surface area contributed by atoms with Crippen molar-refractivity contribution in [3.63, 3.8) is 0 Å². The summed E-state index contributed by atoms with van der Waals surface area (Å²) in [5, 5.41) is 9.00. The highest BCUT2D eigenvalue weighted by atomic mass is 16.5. The molecule has 1 aliphatic heterocycles. The van der Waals surface area contributed by atoms with E-state index in [1.165, 1.54) is 0 Å². The van der Waals surface area contributed by atoms with E-state index < -0.39 is 5.97 Å². The lowest BCUT2D eigenvalue weighted by molar-refractivity contribution is -0.144. The molecule has 0 atom stereocenters. The van der Waals surface area contributed by atoms with Crippen LogP contribution in [0.4, 0.5) is 0 Å². The van der Waals surface area contributed by atoms with Gasteiger partial charge < -0.3 is 9.84 Å². The third-order valence-corrected chi connectivity index (χ3v) is 3.33. The molecule has 3 heteroatoms. The summed E-state index contributed by atoms with van der Waals surface area (Å²) in [7, 11) is 0. The number of carbonyl (C=O) groups is 1. The monoisotopic (exact) mass is 184 g/mol. The summed E-state index contributed by atoms with van der Waals surface area (Å²) < 4.78 is 5.25. The van der Waals surface area contributed by atoms with Crippen molar-refractivity contribution in [1.82, 2.24) is 0 Å². The van der Waals surface area contributed by atoms with Crippen molar-refractivity contribution in [1.29, 1.82) is 0 Å². The molecule has 0 bridgehead atoms. The Labute approximate surface area is 78.1 Å². The fourth-order valence-electron chi connectivity index (χ4n) is 2.16. The Morgan fingerprint density at radius 3 is 2.46 bits per heavy atom. The van der Waals surface area contributed by atoms with E-state index in [0.29, 0.717) is 5.92 Å². The first-order chi connectivity index (χ1) is 6.23. The maximum Gasteiger partial charge on any atom is 0.309 e. The van der Waals surface area contributed by atoms with Gasteiger partial charge in [-0.3, -0.25) is 4.79 Å². The summed E-state index contributed by atoms with van der Waals surface area (Å²) in [6.07, 6.45) is 4.76. The van der Waals surface area contributed by atoms with Gasteiger partial charge in [0.25, 0.3) is 0 Å². The molecule has 0 amide bonds. The summed E-state index contributed by atoms with van der Waals surface area (Å²) in [6.45, 7) is 1.64. The Bertz CT molecular complexity index is 202. The van der Waals surface area contributed by atoms with Crippen LogP contribution in [0.25, 0.3) is 0 Å². The molecule has 1 saturated heterocycles. The van der Waals surface area contributed by atoms with Crippen molar-refractivity contribution in [2.45, 2.75) is 32.1 Å². The van der Waals surface area contributed by atoms with E-state index >= 15 is 0 Å². The Morgan fingerprint density at radius 1 is 1.38 bits per heavy atom. The minimum absolute atomic E-state index is 0.331.